The van der Waals surface area contributed by atoms with Crippen molar-refractivity contribution in [2.24, 2.45) is 4.99 Å². The molecule has 2 saturated heterocycles. The molecule has 4 aromatic carbocycles. The quantitative estimate of drug-likeness (QED) is 0.150. The van der Waals surface area contributed by atoms with Crippen LogP contribution in [0.1, 0.15) is 34.3 Å². The molecule has 4 aromatic rings. The zero-order valence-corrected chi connectivity index (χ0v) is 28.9. The van der Waals surface area contributed by atoms with Crippen LogP contribution in [0.3, 0.4) is 0 Å². The minimum atomic E-state index is -0.591. The second-order valence-electron chi connectivity index (χ2n) is 12.9. The van der Waals surface area contributed by atoms with E-state index >= 15 is 0 Å². The van der Waals surface area contributed by atoms with Gasteiger partial charge in [-0.05, 0) is 77.4 Å². The van der Waals surface area contributed by atoms with Crippen molar-refractivity contribution >= 4 is 63.6 Å². The number of hydrogen-bond donors (Lipinski definition) is 0. The number of amides is 2. The van der Waals surface area contributed by atoms with E-state index < -0.39 is 10.8 Å². The molecule has 0 bridgehead atoms. The van der Waals surface area contributed by atoms with E-state index in [0.29, 0.717) is 13.1 Å². The molecule has 0 spiro atoms. The summed E-state index contributed by atoms with van der Waals surface area (Å²) in [5, 5.41) is -1.17. The van der Waals surface area contributed by atoms with Gasteiger partial charge in [0.25, 0.3) is 0 Å². The summed E-state index contributed by atoms with van der Waals surface area (Å²) in [5.74, 6) is 0.749. The average molecular weight is 682 g/mol. The minimum Gasteiger partial charge on any atom is -0.378 e. The van der Waals surface area contributed by atoms with Gasteiger partial charge in [0.15, 0.2) is 0 Å². The van der Waals surface area contributed by atoms with Crippen LogP contribution in [0.5, 0.6) is 0 Å². The predicted octanol–water partition coefficient (Wildman–Crippen LogP) is 6.47. The molecule has 3 heterocycles. The molecule has 48 heavy (non-hydrogen) atoms. The van der Waals surface area contributed by atoms with Crippen LogP contribution >= 0.6 is 23.2 Å². The number of carbonyl (C=O) groups excluding carboxylic acids is 2. The number of nitrogens with zero attached hydrogens (tertiary/aromatic N) is 6. The Morgan fingerprint density at radius 3 is 1.52 bits per heavy atom. The van der Waals surface area contributed by atoms with Gasteiger partial charge in [-0.25, -0.2) is 0 Å². The Balaban J connectivity index is 1.02. The Hall–Kier alpha value is -4.53. The highest BCUT2D eigenvalue weighted by Gasteiger charge is 2.49. The van der Waals surface area contributed by atoms with Crippen LogP contribution in [-0.2, 0) is 16.1 Å². The lowest BCUT2D eigenvalue weighted by molar-refractivity contribution is -0.124. The largest absolute Gasteiger partial charge is 0.378 e. The predicted molar refractivity (Wildman–Crippen MR) is 196 cm³/mol. The fraction of sp³-hybridized carbons (Fsp3) is 0.289. The maximum atomic E-state index is 12.9. The lowest BCUT2D eigenvalue weighted by Crippen LogP contribution is -2.56. The van der Waals surface area contributed by atoms with Gasteiger partial charge in [0.1, 0.15) is 16.6 Å². The molecule has 10 heteroatoms. The van der Waals surface area contributed by atoms with Gasteiger partial charge in [-0.1, -0.05) is 36.4 Å². The first-order valence-corrected chi connectivity index (χ1v) is 17.0. The highest BCUT2D eigenvalue weighted by molar-refractivity contribution is 6.38. The number of rotatable bonds is 9. The number of benzene rings is 4. The number of hydrogen-bond acceptors (Lipinski definition) is 6. The van der Waals surface area contributed by atoms with Crippen molar-refractivity contribution in [3.63, 3.8) is 0 Å². The fourth-order valence-corrected chi connectivity index (χ4v) is 7.45. The second-order valence-corrected chi connectivity index (χ2v) is 13.9. The van der Waals surface area contributed by atoms with Crippen LogP contribution < -0.4 is 19.6 Å². The SMILES string of the molecule is CN(C)c1ccc(C2C(Cl)C(=O)N2c2ccc(CN3CCN=C3c3ccc(N4C(=O)C(Cl)C4c4ccc(N(C)C)cc4)cc3)cc2)cc1. The Bertz CT molecular complexity index is 1840. The molecular weight excluding hydrogens is 643 g/mol. The third kappa shape index (κ3) is 5.67. The molecule has 0 aliphatic carbocycles. The first kappa shape index (κ1) is 32.0. The van der Waals surface area contributed by atoms with Crippen molar-refractivity contribution in [2.75, 3.05) is 60.9 Å². The van der Waals surface area contributed by atoms with Crippen molar-refractivity contribution in [2.45, 2.75) is 29.4 Å². The van der Waals surface area contributed by atoms with Crippen molar-refractivity contribution in [3.05, 3.63) is 119 Å². The van der Waals surface area contributed by atoms with Gasteiger partial charge in [-0.3, -0.25) is 14.6 Å². The zero-order chi connectivity index (χ0) is 33.7. The van der Waals surface area contributed by atoms with Gasteiger partial charge in [0, 0.05) is 69.6 Å². The molecule has 3 aliphatic heterocycles. The maximum absolute atomic E-state index is 12.9. The molecular formula is C38H38Cl2N6O2. The molecule has 4 unspecified atom stereocenters. The zero-order valence-electron chi connectivity index (χ0n) is 27.4. The van der Waals surface area contributed by atoms with E-state index in [2.05, 4.69) is 17.0 Å². The molecule has 7 rings (SSSR count). The van der Waals surface area contributed by atoms with Crippen molar-refractivity contribution in [3.8, 4) is 0 Å². The normalized spacial score (nSPS) is 22.0. The molecule has 8 nitrogen and oxygen atoms in total. The van der Waals surface area contributed by atoms with Crippen molar-refractivity contribution in [1.29, 1.82) is 0 Å². The van der Waals surface area contributed by atoms with Crippen LogP contribution in [0.2, 0.25) is 0 Å². The summed E-state index contributed by atoms with van der Waals surface area (Å²) in [5.41, 5.74) is 7.98. The molecule has 2 fully saturated rings. The Labute approximate surface area is 291 Å². The van der Waals surface area contributed by atoms with Gasteiger partial charge >= 0.3 is 0 Å². The van der Waals surface area contributed by atoms with Crippen LogP contribution in [0.4, 0.5) is 22.7 Å². The van der Waals surface area contributed by atoms with E-state index in [1.807, 2.05) is 123 Å². The van der Waals surface area contributed by atoms with Crippen LogP contribution in [0.15, 0.2) is 102 Å². The topological polar surface area (TPSA) is 62.7 Å². The minimum absolute atomic E-state index is 0.0847. The van der Waals surface area contributed by atoms with E-state index in [1.54, 1.807) is 9.80 Å². The smallest absolute Gasteiger partial charge is 0.248 e. The monoisotopic (exact) mass is 680 g/mol. The summed E-state index contributed by atoms with van der Waals surface area (Å²) in [7, 11) is 8.01. The molecule has 0 radical (unpaired) electrons. The standard InChI is InChI=1S/C38H38Cl2N6O2/c1-42(2)28-15-7-25(8-16-28)34-32(39)37(47)45(34)30-13-5-24(6-14-30)23-44-22-21-41-36(44)27-11-19-31(20-12-27)46-35(33(40)38(46)48)26-9-17-29(18-10-26)43(3)4/h5-20,32-35H,21-23H2,1-4H3. The second kappa shape index (κ2) is 12.8. The highest BCUT2D eigenvalue weighted by atomic mass is 35.5. The maximum Gasteiger partial charge on any atom is 0.248 e. The first-order chi connectivity index (χ1) is 23.1. The van der Waals surface area contributed by atoms with E-state index in [-0.39, 0.29) is 23.9 Å². The van der Waals surface area contributed by atoms with E-state index in [0.717, 1.165) is 57.4 Å². The molecule has 2 amide bonds. The summed E-state index contributed by atoms with van der Waals surface area (Å²) >= 11 is 13.0. The summed E-state index contributed by atoms with van der Waals surface area (Å²) in [6.45, 7) is 2.21. The molecule has 3 aliphatic rings. The number of aliphatic imine (C=N–C) groups is 1. The number of carbonyl (C=O) groups is 2. The highest BCUT2D eigenvalue weighted by Crippen LogP contribution is 2.44. The lowest BCUT2D eigenvalue weighted by Gasteiger charge is -2.44. The van der Waals surface area contributed by atoms with E-state index in [9.17, 15) is 9.59 Å². The van der Waals surface area contributed by atoms with Gasteiger partial charge in [0.2, 0.25) is 11.8 Å². The number of alkyl halides is 2. The molecule has 246 valence electrons. The van der Waals surface area contributed by atoms with Crippen LogP contribution in [0, 0.1) is 0 Å². The van der Waals surface area contributed by atoms with Crippen molar-refractivity contribution < 1.29 is 9.59 Å². The first-order valence-electron chi connectivity index (χ1n) is 16.1. The summed E-state index contributed by atoms with van der Waals surface area (Å²) in [6.07, 6.45) is 0. The third-order valence-corrected chi connectivity index (χ3v) is 10.3. The molecule has 0 N–H and O–H groups in total. The van der Waals surface area contributed by atoms with Gasteiger partial charge in [-0.15, -0.1) is 23.2 Å². The summed E-state index contributed by atoms with van der Waals surface area (Å²) in [6, 6.07) is 32.1. The molecule has 0 saturated carbocycles. The van der Waals surface area contributed by atoms with Crippen molar-refractivity contribution in [1.82, 2.24) is 4.90 Å². The van der Waals surface area contributed by atoms with Crippen LogP contribution in [0.25, 0.3) is 0 Å². The average Bonchev–Trinajstić information content (AvgIpc) is 3.57. The van der Waals surface area contributed by atoms with E-state index in [4.69, 9.17) is 28.2 Å². The summed E-state index contributed by atoms with van der Waals surface area (Å²) in [4.78, 5) is 40.5. The fourth-order valence-electron chi connectivity index (χ4n) is 6.72. The molecule has 4 atom stereocenters. The lowest BCUT2D eigenvalue weighted by atomic mass is 9.92. The summed E-state index contributed by atoms with van der Waals surface area (Å²) < 4.78 is 0. The third-order valence-electron chi connectivity index (χ3n) is 9.48. The van der Waals surface area contributed by atoms with Gasteiger partial charge in [-0.2, -0.15) is 0 Å². The van der Waals surface area contributed by atoms with Crippen LogP contribution in [-0.4, -0.2) is 74.6 Å². The Morgan fingerprint density at radius 1 is 0.646 bits per heavy atom. The number of halogens is 2. The number of anilines is 4. The molecule has 0 aromatic heterocycles. The Morgan fingerprint density at radius 2 is 1.08 bits per heavy atom. The van der Waals surface area contributed by atoms with Gasteiger partial charge < -0.3 is 24.5 Å². The number of β-lactam (4-membered cyclic amide) rings is 2. The number of amidine groups is 1. The van der Waals surface area contributed by atoms with Gasteiger partial charge in [0.05, 0.1) is 18.6 Å². The Kier molecular flexibility index (Phi) is 8.56. The van der Waals surface area contributed by atoms with E-state index in [1.165, 1.54) is 0 Å².